The van der Waals surface area contributed by atoms with Crippen LogP contribution in [0.5, 0.6) is 0 Å². The predicted molar refractivity (Wildman–Crippen MR) is 55.5 cm³/mol. The molecule has 0 spiro atoms. The lowest BCUT2D eigenvalue weighted by Crippen LogP contribution is -2.39. The van der Waals surface area contributed by atoms with E-state index in [2.05, 4.69) is 10.2 Å². The molecule has 2 N–H and O–H groups in total. The highest BCUT2D eigenvalue weighted by Gasteiger charge is 2.19. The minimum atomic E-state index is -1.42. The van der Waals surface area contributed by atoms with Crippen LogP contribution < -0.4 is 5.32 Å². The number of carbonyl (C=O) groups excluding carboxylic acids is 1. The van der Waals surface area contributed by atoms with Crippen molar-refractivity contribution in [2.45, 2.75) is 31.7 Å². The second-order valence-corrected chi connectivity index (χ2v) is 3.98. The zero-order valence-corrected chi connectivity index (χ0v) is 9.03. The molecule has 5 nitrogen and oxygen atoms in total. The average Bonchev–Trinajstić information content (AvgIpc) is 2.70. The van der Waals surface area contributed by atoms with Crippen LogP contribution in [0.15, 0.2) is 0 Å². The van der Waals surface area contributed by atoms with E-state index in [9.17, 15) is 9.59 Å². The van der Waals surface area contributed by atoms with Crippen LogP contribution in [0.25, 0.3) is 0 Å². The van der Waals surface area contributed by atoms with Gasteiger partial charge in [0.1, 0.15) is 0 Å². The Morgan fingerprint density at radius 3 is 2.53 bits per heavy atom. The van der Waals surface area contributed by atoms with E-state index in [-0.39, 0.29) is 0 Å². The summed E-state index contributed by atoms with van der Waals surface area (Å²) in [6.07, 6.45) is 4.97. The third-order valence-electron chi connectivity index (χ3n) is 2.89. The van der Waals surface area contributed by atoms with Gasteiger partial charge >= 0.3 is 11.9 Å². The standard InChI is InChI=1S/C10H18N2O3/c1-12(8-4-2-3-5-8)7-6-11-9(13)10(14)15/h8H,2-7H2,1H3,(H,11,13)(H,14,15). The fourth-order valence-electron chi connectivity index (χ4n) is 1.95. The molecule has 0 aromatic carbocycles. The Balaban J connectivity index is 2.13. The van der Waals surface area contributed by atoms with Gasteiger partial charge < -0.3 is 15.3 Å². The molecule has 0 saturated heterocycles. The van der Waals surface area contributed by atoms with E-state index in [0.29, 0.717) is 19.1 Å². The highest BCUT2D eigenvalue weighted by molar-refractivity contribution is 6.31. The van der Waals surface area contributed by atoms with Gasteiger partial charge in [0, 0.05) is 19.1 Å². The van der Waals surface area contributed by atoms with Gasteiger partial charge in [0.05, 0.1) is 0 Å². The molecule has 1 rings (SSSR count). The number of carbonyl (C=O) groups is 2. The molecule has 0 bridgehead atoms. The molecule has 1 amide bonds. The van der Waals surface area contributed by atoms with E-state index in [1.807, 2.05) is 7.05 Å². The molecule has 0 heterocycles. The summed E-state index contributed by atoms with van der Waals surface area (Å²) in [6, 6.07) is 0.603. The van der Waals surface area contributed by atoms with Crippen LogP contribution in [-0.2, 0) is 9.59 Å². The Hall–Kier alpha value is -1.10. The molecule has 0 radical (unpaired) electrons. The number of carboxylic acids is 1. The molecule has 0 atom stereocenters. The Bertz CT molecular complexity index is 237. The Labute approximate surface area is 89.4 Å². The van der Waals surface area contributed by atoms with Gasteiger partial charge in [-0.2, -0.15) is 0 Å². The number of hydrogen-bond acceptors (Lipinski definition) is 3. The van der Waals surface area contributed by atoms with Crippen molar-refractivity contribution in [3.63, 3.8) is 0 Å². The molecule has 0 aromatic heterocycles. The molecule has 1 aliphatic carbocycles. The normalized spacial score (nSPS) is 16.9. The van der Waals surface area contributed by atoms with Crippen molar-refractivity contribution >= 4 is 11.9 Å². The lowest BCUT2D eigenvalue weighted by atomic mass is 10.2. The number of carboxylic acid groups (broad SMARTS) is 1. The maximum atomic E-state index is 10.7. The van der Waals surface area contributed by atoms with Gasteiger partial charge in [-0.15, -0.1) is 0 Å². The van der Waals surface area contributed by atoms with Crippen LogP contribution in [0.3, 0.4) is 0 Å². The quantitative estimate of drug-likeness (QED) is 0.649. The molecule has 86 valence electrons. The molecule has 0 aliphatic heterocycles. The fraction of sp³-hybridized carbons (Fsp3) is 0.800. The minimum absolute atomic E-state index is 0.401. The number of rotatable bonds is 4. The summed E-state index contributed by atoms with van der Waals surface area (Å²) in [5, 5.41) is 10.7. The van der Waals surface area contributed by atoms with E-state index < -0.39 is 11.9 Å². The van der Waals surface area contributed by atoms with Crippen LogP contribution >= 0.6 is 0 Å². The number of aliphatic carboxylic acids is 1. The summed E-state index contributed by atoms with van der Waals surface area (Å²) >= 11 is 0. The lowest BCUT2D eigenvalue weighted by Gasteiger charge is -2.23. The summed E-state index contributed by atoms with van der Waals surface area (Å²) < 4.78 is 0. The Morgan fingerprint density at radius 2 is 2.00 bits per heavy atom. The number of hydrogen-bond donors (Lipinski definition) is 2. The maximum Gasteiger partial charge on any atom is 0.394 e. The van der Waals surface area contributed by atoms with Crippen LogP contribution in [0.1, 0.15) is 25.7 Å². The molecule has 1 aliphatic rings. The second kappa shape index (κ2) is 5.70. The van der Waals surface area contributed by atoms with Crippen molar-refractivity contribution in [2.75, 3.05) is 20.1 Å². The number of likely N-dealkylation sites (N-methyl/N-ethyl adjacent to an activating group) is 1. The largest absolute Gasteiger partial charge is 0.474 e. The zero-order chi connectivity index (χ0) is 11.3. The fourth-order valence-corrected chi connectivity index (χ4v) is 1.95. The topological polar surface area (TPSA) is 69.6 Å². The second-order valence-electron chi connectivity index (χ2n) is 3.98. The summed E-state index contributed by atoms with van der Waals surface area (Å²) in [5.41, 5.74) is 0. The average molecular weight is 214 g/mol. The van der Waals surface area contributed by atoms with Crippen LogP contribution in [-0.4, -0.2) is 48.1 Å². The van der Waals surface area contributed by atoms with Gasteiger partial charge in [-0.05, 0) is 19.9 Å². The Morgan fingerprint density at radius 1 is 1.40 bits per heavy atom. The van der Waals surface area contributed by atoms with Crippen LogP contribution in [0.2, 0.25) is 0 Å². The van der Waals surface area contributed by atoms with Crippen molar-refractivity contribution in [1.82, 2.24) is 10.2 Å². The molecule has 0 unspecified atom stereocenters. The predicted octanol–water partition coefficient (Wildman–Crippen LogP) is 0.0616. The van der Waals surface area contributed by atoms with Crippen molar-refractivity contribution < 1.29 is 14.7 Å². The highest BCUT2D eigenvalue weighted by Crippen LogP contribution is 2.21. The smallest absolute Gasteiger partial charge is 0.394 e. The molecule has 1 fully saturated rings. The van der Waals surface area contributed by atoms with Crippen molar-refractivity contribution in [3.8, 4) is 0 Å². The third-order valence-corrected chi connectivity index (χ3v) is 2.89. The summed E-state index contributed by atoms with van der Waals surface area (Å²) in [6.45, 7) is 1.11. The van der Waals surface area contributed by atoms with Crippen molar-refractivity contribution in [1.29, 1.82) is 0 Å². The van der Waals surface area contributed by atoms with E-state index in [0.717, 1.165) is 0 Å². The summed E-state index contributed by atoms with van der Waals surface area (Å²) in [5.74, 6) is -2.34. The van der Waals surface area contributed by atoms with E-state index >= 15 is 0 Å². The van der Waals surface area contributed by atoms with Gasteiger partial charge in [-0.1, -0.05) is 12.8 Å². The minimum Gasteiger partial charge on any atom is -0.474 e. The number of nitrogens with one attached hydrogen (secondary N) is 1. The molecule has 1 saturated carbocycles. The molecular formula is C10H18N2O3. The van der Waals surface area contributed by atoms with Crippen molar-refractivity contribution in [2.24, 2.45) is 0 Å². The SMILES string of the molecule is CN(CCNC(=O)C(=O)O)C1CCCC1. The first-order valence-electron chi connectivity index (χ1n) is 5.32. The van der Waals surface area contributed by atoms with Crippen molar-refractivity contribution in [3.05, 3.63) is 0 Å². The zero-order valence-electron chi connectivity index (χ0n) is 9.03. The maximum absolute atomic E-state index is 10.7. The molecule has 5 heteroatoms. The summed E-state index contributed by atoms with van der Waals surface area (Å²) in [7, 11) is 2.02. The van der Waals surface area contributed by atoms with E-state index in [1.165, 1.54) is 25.7 Å². The molecule has 0 aromatic rings. The molecule has 15 heavy (non-hydrogen) atoms. The number of amides is 1. The Kier molecular flexibility index (Phi) is 4.55. The van der Waals surface area contributed by atoms with Crippen LogP contribution in [0, 0.1) is 0 Å². The summed E-state index contributed by atoms with van der Waals surface area (Å²) in [4.78, 5) is 23.1. The lowest BCUT2D eigenvalue weighted by molar-refractivity contribution is -0.150. The third kappa shape index (κ3) is 3.87. The first-order chi connectivity index (χ1) is 7.11. The molecular weight excluding hydrogens is 196 g/mol. The van der Waals surface area contributed by atoms with Gasteiger partial charge in [0.15, 0.2) is 0 Å². The van der Waals surface area contributed by atoms with E-state index in [4.69, 9.17) is 5.11 Å². The van der Waals surface area contributed by atoms with Gasteiger partial charge in [-0.3, -0.25) is 4.79 Å². The van der Waals surface area contributed by atoms with Gasteiger partial charge in [0.25, 0.3) is 0 Å². The monoisotopic (exact) mass is 214 g/mol. The highest BCUT2D eigenvalue weighted by atomic mass is 16.4. The van der Waals surface area contributed by atoms with Gasteiger partial charge in [0.2, 0.25) is 0 Å². The van der Waals surface area contributed by atoms with E-state index in [1.54, 1.807) is 0 Å². The first-order valence-corrected chi connectivity index (χ1v) is 5.32. The van der Waals surface area contributed by atoms with Gasteiger partial charge in [-0.25, -0.2) is 4.79 Å². The number of nitrogens with zero attached hydrogens (tertiary/aromatic N) is 1. The van der Waals surface area contributed by atoms with Crippen LogP contribution in [0.4, 0.5) is 0 Å². The first kappa shape index (κ1) is 12.0.